The summed E-state index contributed by atoms with van der Waals surface area (Å²) in [6.45, 7) is 7.09. The quantitative estimate of drug-likeness (QED) is 0.141. The number of halogens is 2. The molecule has 5 aromatic rings. The van der Waals surface area contributed by atoms with Crippen LogP contribution in [0.3, 0.4) is 0 Å². The molecule has 3 aromatic carbocycles. The van der Waals surface area contributed by atoms with Crippen molar-refractivity contribution < 1.29 is 18.8 Å². The van der Waals surface area contributed by atoms with E-state index < -0.39 is 23.0 Å². The van der Waals surface area contributed by atoms with Crippen LogP contribution in [-0.4, -0.2) is 20.7 Å². The number of aromatic nitrogens is 2. The molecule has 7 nitrogen and oxygen atoms in total. The maximum Gasteiger partial charge on any atom is 0.297 e. The summed E-state index contributed by atoms with van der Waals surface area (Å²) in [4.78, 5) is 33.9. The van der Waals surface area contributed by atoms with Crippen LogP contribution in [0.5, 0.6) is 0 Å². The van der Waals surface area contributed by atoms with Crippen LogP contribution in [0.2, 0.25) is 0 Å². The van der Waals surface area contributed by atoms with Gasteiger partial charge in [-0.1, -0.05) is 42.5 Å². The first-order chi connectivity index (χ1) is 18.9. The Bertz CT molecular complexity index is 1810. The summed E-state index contributed by atoms with van der Waals surface area (Å²) in [6, 6.07) is 20.7. The fourth-order valence-electron chi connectivity index (χ4n) is 4.31. The number of pyridine rings is 2. The van der Waals surface area contributed by atoms with E-state index in [4.69, 9.17) is 6.57 Å². The van der Waals surface area contributed by atoms with Gasteiger partial charge in [-0.25, -0.2) is 18.6 Å². The van der Waals surface area contributed by atoms with Crippen molar-refractivity contribution in [2.45, 2.75) is 12.8 Å². The SMILES string of the molecule is [C-]#[N+]c1ccc(-c2ccc(Nc3c(C(=O)CCc4ccc(F)cc4F)c(=O)n(O)c4ncccc34)cc2)cc1. The van der Waals surface area contributed by atoms with Crippen LogP contribution in [0, 0.1) is 18.2 Å². The molecule has 2 aromatic heterocycles. The van der Waals surface area contributed by atoms with Gasteiger partial charge in [-0.15, -0.1) is 4.73 Å². The van der Waals surface area contributed by atoms with Gasteiger partial charge in [0.15, 0.2) is 17.1 Å². The number of hydrogen-bond donors (Lipinski definition) is 2. The van der Waals surface area contributed by atoms with Crippen molar-refractivity contribution in [2.24, 2.45) is 0 Å². The molecule has 0 saturated heterocycles. The molecular formula is C30H20F2N4O3. The Morgan fingerprint density at radius 3 is 2.36 bits per heavy atom. The zero-order valence-electron chi connectivity index (χ0n) is 20.4. The van der Waals surface area contributed by atoms with Gasteiger partial charge in [0.25, 0.3) is 5.56 Å². The van der Waals surface area contributed by atoms with Crippen molar-refractivity contribution in [1.82, 2.24) is 9.71 Å². The van der Waals surface area contributed by atoms with Crippen molar-refractivity contribution in [1.29, 1.82) is 0 Å². The number of rotatable bonds is 7. The van der Waals surface area contributed by atoms with Crippen LogP contribution < -0.4 is 10.9 Å². The van der Waals surface area contributed by atoms with E-state index in [1.54, 1.807) is 36.4 Å². The molecule has 5 rings (SSSR count). The highest BCUT2D eigenvalue weighted by Crippen LogP contribution is 2.30. The van der Waals surface area contributed by atoms with E-state index in [9.17, 15) is 23.6 Å². The molecule has 0 saturated carbocycles. The Morgan fingerprint density at radius 1 is 1.00 bits per heavy atom. The number of carbonyl (C=O) groups excluding carboxylic acids is 1. The van der Waals surface area contributed by atoms with Gasteiger partial charge in [-0.2, -0.15) is 0 Å². The third-order valence-corrected chi connectivity index (χ3v) is 6.31. The van der Waals surface area contributed by atoms with Gasteiger partial charge >= 0.3 is 0 Å². The van der Waals surface area contributed by atoms with E-state index in [2.05, 4.69) is 15.1 Å². The summed E-state index contributed by atoms with van der Waals surface area (Å²) in [5, 5.41) is 13.9. The molecule has 9 heteroatoms. The predicted octanol–water partition coefficient (Wildman–Crippen LogP) is 6.69. The summed E-state index contributed by atoms with van der Waals surface area (Å²) in [5.41, 5.74) is 1.89. The Balaban J connectivity index is 1.50. The molecule has 0 amide bonds. The van der Waals surface area contributed by atoms with E-state index in [0.717, 1.165) is 23.3 Å². The summed E-state index contributed by atoms with van der Waals surface area (Å²) >= 11 is 0. The molecule has 0 bridgehead atoms. The lowest BCUT2D eigenvalue weighted by molar-refractivity contribution is 0.0976. The van der Waals surface area contributed by atoms with Crippen molar-refractivity contribution in [3.63, 3.8) is 0 Å². The summed E-state index contributed by atoms with van der Waals surface area (Å²) < 4.78 is 27.7. The lowest BCUT2D eigenvalue weighted by Crippen LogP contribution is -2.27. The molecule has 0 unspecified atom stereocenters. The summed E-state index contributed by atoms with van der Waals surface area (Å²) in [7, 11) is 0. The Morgan fingerprint density at radius 2 is 1.69 bits per heavy atom. The lowest BCUT2D eigenvalue weighted by atomic mass is 10.00. The third-order valence-electron chi connectivity index (χ3n) is 6.31. The average Bonchev–Trinajstić information content (AvgIpc) is 2.96. The first kappa shape index (κ1) is 25.3. The number of hydrogen-bond acceptors (Lipinski definition) is 5. The van der Waals surface area contributed by atoms with Crippen molar-refractivity contribution in [2.75, 3.05) is 5.32 Å². The largest absolute Gasteiger partial charge is 0.423 e. The number of nitrogens with one attached hydrogen (secondary N) is 1. The Labute approximate surface area is 221 Å². The highest BCUT2D eigenvalue weighted by molar-refractivity contribution is 6.08. The molecule has 0 fully saturated rings. The van der Waals surface area contributed by atoms with Gasteiger partial charge in [-0.05, 0) is 53.4 Å². The van der Waals surface area contributed by atoms with E-state index in [1.807, 2.05) is 24.3 Å². The first-order valence-electron chi connectivity index (χ1n) is 11.9. The minimum atomic E-state index is -0.968. The van der Waals surface area contributed by atoms with Crippen LogP contribution in [0.1, 0.15) is 22.3 Å². The highest BCUT2D eigenvalue weighted by atomic mass is 19.1. The molecule has 0 atom stereocenters. The molecule has 192 valence electrons. The van der Waals surface area contributed by atoms with Crippen LogP contribution in [0.25, 0.3) is 27.0 Å². The van der Waals surface area contributed by atoms with E-state index in [-0.39, 0.29) is 35.3 Å². The molecule has 2 N–H and O–H groups in total. The van der Waals surface area contributed by atoms with Crippen molar-refractivity contribution in [3.05, 3.63) is 130 Å². The fourth-order valence-corrected chi connectivity index (χ4v) is 4.31. The van der Waals surface area contributed by atoms with Gasteiger partial charge in [0, 0.05) is 29.8 Å². The number of Topliss-reactive ketones (excluding diaryl/α,β-unsaturated/α-hetero) is 1. The maximum absolute atomic E-state index is 14.1. The molecular weight excluding hydrogens is 502 g/mol. The minimum absolute atomic E-state index is 0.0392. The molecule has 0 aliphatic heterocycles. The minimum Gasteiger partial charge on any atom is -0.423 e. The van der Waals surface area contributed by atoms with Gasteiger partial charge in [0.1, 0.15) is 17.2 Å². The zero-order valence-corrected chi connectivity index (χ0v) is 20.4. The van der Waals surface area contributed by atoms with Gasteiger partial charge < -0.3 is 10.5 Å². The summed E-state index contributed by atoms with van der Waals surface area (Å²) in [5.74, 6) is -2.14. The molecule has 0 aliphatic carbocycles. The van der Waals surface area contributed by atoms with E-state index >= 15 is 0 Å². The lowest BCUT2D eigenvalue weighted by Gasteiger charge is -2.16. The van der Waals surface area contributed by atoms with Crippen LogP contribution in [0.15, 0.2) is 89.9 Å². The number of benzene rings is 3. The number of carbonyl (C=O) groups is 1. The standard InChI is InChI=1S/C30H20F2N4O3/c1-33-22-11-5-18(6-12-22)19-7-13-23(14-8-19)35-28-24-3-2-16-34-29(24)36(39)30(38)27(28)26(37)15-9-20-4-10-21(31)17-25(20)32/h2-8,10-14,16-17,35,39H,9,15H2. The van der Waals surface area contributed by atoms with Crippen LogP contribution in [0.4, 0.5) is 25.8 Å². The zero-order chi connectivity index (χ0) is 27.5. The van der Waals surface area contributed by atoms with Crippen molar-refractivity contribution in [3.8, 4) is 11.1 Å². The molecule has 39 heavy (non-hydrogen) atoms. The predicted molar refractivity (Wildman–Crippen MR) is 144 cm³/mol. The number of aryl methyl sites for hydroxylation is 1. The first-order valence-corrected chi connectivity index (χ1v) is 11.9. The van der Waals surface area contributed by atoms with Gasteiger partial charge in [-0.3, -0.25) is 9.59 Å². The van der Waals surface area contributed by atoms with Crippen LogP contribution >= 0.6 is 0 Å². The highest BCUT2D eigenvalue weighted by Gasteiger charge is 2.23. The second-order valence-electron chi connectivity index (χ2n) is 8.76. The van der Waals surface area contributed by atoms with Gasteiger partial charge in [0.2, 0.25) is 0 Å². The Kier molecular flexibility index (Phi) is 6.85. The fraction of sp³-hybridized carbons (Fsp3) is 0.0667. The van der Waals surface area contributed by atoms with Crippen molar-refractivity contribution >= 4 is 33.9 Å². The van der Waals surface area contributed by atoms with E-state index in [1.165, 1.54) is 12.3 Å². The molecule has 0 radical (unpaired) electrons. The van der Waals surface area contributed by atoms with Gasteiger partial charge in [0.05, 0.1) is 12.3 Å². The topological polar surface area (TPSA) is 88.6 Å². The average molecular weight is 523 g/mol. The smallest absolute Gasteiger partial charge is 0.297 e. The Hall–Kier alpha value is -5.36. The third kappa shape index (κ3) is 5.08. The number of fused-ring (bicyclic) bond motifs is 1. The monoisotopic (exact) mass is 522 g/mol. The number of anilines is 2. The normalized spacial score (nSPS) is 10.8. The number of nitrogens with zero attached hydrogens (tertiary/aromatic N) is 3. The summed E-state index contributed by atoms with van der Waals surface area (Å²) in [6.07, 6.45) is 1.09. The van der Waals surface area contributed by atoms with Crippen LogP contribution in [-0.2, 0) is 6.42 Å². The molecule has 0 spiro atoms. The number of ketones is 1. The molecule has 2 heterocycles. The second kappa shape index (κ2) is 10.6. The molecule has 0 aliphatic rings. The maximum atomic E-state index is 14.1. The second-order valence-corrected chi connectivity index (χ2v) is 8.76. The van der Waals surface area contributed by atoms with E-state index in [0.29, 0.717) is 21.5 Å².